The Bertz CT molecular complexity index is 1380. The van der Waals surface area contributed by atoms with E-state index >= 15 is 0 Å². The highest BCUT2D eigenvalue weighted by molar-refractivity contribution is 6.10. The van der Waals surface area contributed by atoms with Crippen LogP contribution < -0.4 is 10.9 Å². The zero-order valence-electron chi connectivity index (χ0n) is 16.8. The van der Waals surface area contributed by atoms with Gasteiger partial charge in [-0.25, -0.2) is 9.59 Å². The van der Waals surface area contributed by atoms with Gasteiger partial charge in [-0.2, -0.15) is 0 Å². The van der Waals surface area contributed by atoms with Gasteiger partial charge >= 0.3 is 11.6 Å². The summed E-state index contributed by atoms with van der Waals surface area (Å²) in [6.07, 6.45) is 0. The van der Waals surface area contributed by atoms with Crippen molar-refractivity contribution >= 4 is 39.3 Å². The number of esters is 1. The van der Waals surface area contributed by atoms with Crippen LogP contribution in [0.1, 0.15) is 22.8 Å². The van der Waals surface area contributed by atoms with Crippen LogP contribution in [0.5, 0.6) is 0 Å². The molecule has 0 saturated carbocycles. The number of rotatable bonds is 5. The highest BCUT2D eigenvalue weighted by Crippen LogP contribution is 2.25. The molecule has 0 spiro atoms. The van der Waals surface area contributed by atoms with Gasteiger partial charge < -0.3 is 14.5 Å². The number of benzene rings is 3. The van der Waals surface area contributed by atoms with Crippen LogP contribution in [0.4, 0.5) is 5.69 Å². The first-order chi connectivity index (χ1) is 14.9. The van der Waals surface area contributed by atoms with Crippen molar-refractivity contribution in [1.82, 2.24) is 0 Å². The van der Waals surface area contributed by atoms with E-state index in [1.807, 2.05) is 30.3 Å². The first kappa shape index (κ1) is 20.1. The lowest BCUT2D eigenvalue weighted by molar-refractivity contribution is -0.140. The molecule has 0 atom stereocenters. The topological polar surface area (TPSA) is 85.6 Å². The second-order valence-electron chi connectivity index (χ2n) is 7.15. The fourth-order valence-electron chi connectivity index (χ4n) is 3.18. The molecule has 31 heavy (non-hydrogen) atoms. The van der Waals surface area contributed by atoms with Crippen molar-refractivity contribution < 1.29 is 18.7 Å². The van der Waals surface area contributed by atoms with Crippen molar-refractivity contribution in [2.75, 3.05) is 5.32 Å². The maximum Gasteiger partial charge on any atom is 0.349 e. The van der Waals surface area contributed by atoms with Crippen molar-refractivity contribution in [2.45, 2.75) is 13.5 Å². The molecule has 1 aromatic heterocycles. The third kappa shape index (κ3) is 4.23. The molecular formula is C25H19NO5. The normalized spacial score (nSPS) is 10.7. The largest absolute Gasteiger partial charge is 0.457 e. The molecule has 1 amide bonds. The Morgan fingerprint density at radius 3 is 2.48 bits per heavy atom. The number of anilines is 1. The summed E-state index contributed by atoms with van der Waals surface area (Å²) in [5, 5.41) is 5.27. The number of carbonyl (C=O) groups excluding carboxylic acids is 2. The van der Waals surface area contributed by atoms with Gasteiger partial charge in [0.2, 0.25) is 0 Å². The van der Waals surface area contributed by atoms with Gasteiger partial charge in [0.25, 0.3) is 5.91 Å². The molecule has 4 rings (SSSR count). The minimum atomic E-state index is -0.705. The van der Waals surface area contributed by atoms with E-state index in [0.29, 0.717) is 22.2 Å². The first-order valence-electron chi connectivity index (χ1n) is 9.61. The second-order valence-corrected chi connectivity index (χ2v) is 7.15. The number of nitrogens with one attached hydrogen (secondary N) is 1. The molecule has 0 radical (unpaired) electrons. The molecule has 0 aliphatic heterocycles. The van der Waals surface area contributed by atoms with E-state index in [0.717, 1.165) is 16.3 Å². The molecule has 0 aliphatic carbocycles. The highest BCUT2D eigenvalue weighted by Gasteiger charge is 2.15. The van der Waals surface area contributed by atoms with E-state index in [9.17, 15) is 14.4 Å². The fourth-order valence-corrected chi connectivity index (χ4v) is 3.18. The summed E-state index contributed by atoms with van der Waals surface area (Å²) in [5.74, 6) is -1.03. The van der Waals surface area contributed by atoms with Crippen LogP contribution >= 0.6 is 0 Å². The van der Waals surface area contributed by atoms with Crippen LogP contribution in [0.15, 0.2) is 88.1 Å². The van der Waals surface area contributed by atoms with Gasteiger partial charge in [-0.15, -0.1) is 0 Å². The summed E-state index contributed by atoms with van der Waals surface area (Å²) in [4.78, 5) is 36.6. The number of fused-ring (bicyclic) bond motifs is 3. The van der Waals surface area contributed by atoms with Crippen molar-refractivity contribution in [2.24, 2.45) is 0 Å². The van der Waals surface area contributed by atoms with E-state index in [-0.39, 0.29) is 12.2 Å². The van der Waals surface area contributed by atoms with E-state index in [1.165, 1.54) is 0 Å². The van der Waals surface area contributed by atoms with E-state index in [1.54, 1.807) is 43.3 Å². The lowest BCUT2D eigenvalue weighted by Gasteiger charge is -2.08. The van der Waals surface area contributed by atoms with Crippen LogP contribution in [0, 0.1) is 0 Å². The van der Waals surface area contributed by atoms with E-state index in [4.69, 9.17) is 9.15 Å². The Labute approximate surface area is 177 Å². The van der Waals surface area contributed by atoms with Gasteiger partial charge in [-0.3, -0.25) is 4.79 Å². The molecule has 0 saturated heterocycles. The highest BCUT2D eigenvalue weighted by atomic mass is 16.5. The monoisotopic (exact) mass is 413 g/mol. The lowest BCUT2D eigenvalue weighted by Crippen LogP contribution is -2.20. The van der Waals surface area contributed by atoms with Gasteiger partial charge in [-0.1, -0.05) is 49.0 Å². The average Bonchev–Trinajstić information content (AvgIpc) is 2.77. The summed E-state index contributed by atoms with van der Waals surface area (Å²) in [6, 6.07) is 19.6. The second kappa shape index (κ2) is 8.28. The molecule has 0 aliphatic rings. The fraction of sp³-hybridized carbons (Fsp3) is 0.0800. The quantitative estimate of drug-likeness (QED) is 0.219. The van der Waals surface area contributed by atoms with Crippen molar-refractivity contribution in [3.63, 3.8) is 0 Å². The molecule has 4 aromatic rings. The molecule has 1 N–H and O–H groups in total. The maximum atomic E-state index is 12.7. The average molecular weight is 413 g/mol. The van der Waals surface area contributed by atoms with Gasteiger partial charge in [0.15, 0.2) is 0 Å². The van der Waals surface area contributed by atoms with Crippen LogP contribution in [-0.2, 0) is 16.1 Å². The molecule has 0 unspecified atom stereocenters. The molecule has 6 heteroatoms. The summed E-state index contributed by atoms with van der Waals surface area (Å²) in [5.41, 5.74) is 1.22. The van der Waals surface area contributed by atoms with Crippen molar-refractivity contribution in [3.8, 4) is 0 Å². The smallest absolute Gasteiger partial charge is 0.349 e. The standard InChI is InChI=1S/C25H19NO5/c1-15(2)24(28)30-14-16-7-10-18(11-8-16)26-23(27)21-13-20-19-6-4-3-5-17(19)9-12-22(20)31-25(21)29/h3-13H,1,14H2,2H3,(H,26,27). The predicted molar refractivity (Wildman–Crippen MR) is 119 cm³/mol. The minimum Gasteiger partial charge on any atom is -0.457 e. The van der Waals surface area contributed by atoms with Gasteiger partial charge in [0.05, 0.1) is 0 Å². The molecule has 0 bridgehead atoms. The number of amides is 1. The van der Waals surface area contributed by atoms with Crippen LogP contribution in [0.2, 0.25) is 0 Å². The molecular weight excluding hydrogens is 394 g/mol. The number of hydrogen-bond donors (Lipinski definition) is 1. The van der Waals surface area contributed by atoms with Crippen molar-refractivity contribution in [1.29, 1.82) is 0 Å². The third-order valence-electron chi connectivity index (χ3n) is 4.82. The Kier molecular flexibility index (Phi) is 5.37. The Balaban J connectivity index is 1.56. The minimum absolute atomic E-state index is 0.0803. The Hall–Kier alpha value is -4.19. The summed E-state index contributed by atoms with van der Waals surface area (Å²) >= 11 is 0. The predicted octanol–water partition coefficient (Wildman–Crippen LogP) is 4.82. The van der Waals surface area contributed by atoms with Crippen LogP contribution in [0.25, 0.3) is 21.7 Å². The lowest BCUT2D eigenvalue weighted by atomic mass is 10.0. The van der Waals surface area contributed by atoms with E-state index < -0.39 is 17.5 Å². The van der Waals surface area contributed by atoms with Crippen LogP contribution in [-0.4, -0.2) is 11.9 Å². The Morgan fingerprint density at radius 1 is 1.00 bits per heavy atom. The summed E-state index contributed by atoms with van der Waals surface area (Å²) in [7, 11) is 0. The molecule has 0 fully saturated rings. The first-order valence-corrected chi connectivity index (χ1v) is 9.61. The number of ether oxygens (including phenoxy) is 1. The SMILES string of the molecule is C=C(C)C(=O)OCc1ccc(NC(=O)c2cc3c(ccc4ccccc43)oc2=O)cc1. The molecule has 3 aromatic carbocycles. The third-order valence-corrected chi connectivity index (χ3v) is 4.82. The van der Waals surface area contributed by atoms with Crippen molar-refractivity contribution in [3.05, 3.63) is 100 Å². The van der Waals surface area contributed by atoms with E-state index in [2.05, 4.69) is 11.9 Å². The van der Waals surface area contributed by atoms with Crippen LogP contribution in [0.3, 0.4) is 0 Å². The zero-order valence-corrected chi connectivity index (χ0v) is 16.8. The summed E-state index contributed by atoms with van der Waals surface area (Å²) in [6.45, 7) is 5.21. The van der Waals surface area contributed by atoms with Gasteiger partial charge in [0.1, 0.15) is 17.8 Å². The number of carbonyl (C=O) groups is 2. The van der Waals surface area contributed by atoms with Gasteiger partial charge in [0, 0.05) is 16.6 Å². The molecule has 1 heterocycles. The maximum absolute atomic E-state index is 12.7. The summed E-state index contributed by atoms with van der Waals surface area (Å²) < 4.78 is 10.5. The Morgan fingerprint density at radius 2 is 1.74 bits per heavy atom. The zero-order chi connectivity index (χ0) is 22.0. The molecule has 6 nitrogen and oxygen atoms in total. The number of hydrogen-bond acceptors (Lipinski definition) is 5. The van der Waals surface area contributed by atoms with Gasteiger partial charge in [-0.05, 0) is 47.5 Å². The molecule has 154 valence electrons.